The summed E-state index contributed by atoms with van der Waals surface area (Å²) in [7, 11) is 2.28. The van der Waals surface area contributed by atoms with Crippen molar-refractivity contribution >= 4 is 0 Å². The second kappa shape index (κ2) is 4.08. The van der Waals surface area contributed by atoms with Crippen molar-refractivity contribution in [3.05, 3.63) is 0 Å². The molecule has 0 bridgehead atoms. The van der Waals surface area contributed by atoms with Crippen LogP contribution in [0, 0.1) is 23.7 Å². The van der Waals surface area contributed by atoms with Crippen LogP contribution >= 0.6 is 0 Å². The van der Waals surface area contributed by atoms with Crippen LogP contribution in [-0.4, -0.2) is 25.0 Å². The quantitative estimate of drug-likeness (QED) is 0.687. The summed E-state index contributed by atoms with van der Waals surface area (Å²) in [6.07, 6.45) is 10.8. The Morgan fingerprint density at radius 3 is 1.80 bits per heavy atom. The molecule has 1 heterocycles. The summed E-state index contributed by atoms with van der Waals surface area (Å²) in [5.74, 6) is 4.54. The van der Waals surface area contributed by atoms with Gasteiger partial charge in [-0.1, -0.05) is 19.3 Å². The van der Waals surface area contributed by atoms with Crippen LogP contribution in [0.15, 0.2) is 0 Å². The summed E-state index contributed by atoms with van der Waals surface area (Å²) in [6, 6.07) is 0. The maximum Gasteiger partial charge on any atom is -0.00190 e. The molecule has 0 unspecified atom stereocenters. The number of rotatable bonds is 3. The lowest BCUT2D eigenvalue weighted by Crippen LogP contribution is -2.38. The molecule has 1 atom stereocenters. The van der Waals surface area contributed by atoms with Crippen LogP contribution in [0.1, 0.15) is 44.9 Å². The minimum atomic E-state index is 1.10. The third kappa shape index (κ3) is 2.08. The van der Waals surface area contributed by atoms with Gasteiger partial charge in [-0.3, -0.25) is 0 Å². The molecule has 0 aromatic heterocycles. The van der Waals surface area contributed by atoms with Gasteiger partial charge in [0.15, 0.2) is 0 Å². The normalized spacial score (nSPS) is 32.6. The van der Waals surface area contributed by atoms with Crippen LogP contribution in [0.25, 0.3) is 0 Å². The minimum absolute atomic E-state index is 1.10. The van der Waals surface area contributed by atoms with Crippen LogP contribution in [0.3, 0.4) is 0 Å². The highest BCUT2D eigenvalue weighted by molar-refractivity contribution is 4.93. The van der Waals surface area contributed by atoms with Gasteiger partial charge in [0.1, 0.15) is 0 Å². The molecule has 3 aliphatic rings. The molecule has 0 aromatic rings. The van der Waals surface area contributed by atoms with E-state index in [1.165, 1.54) is 32.4 Å². The highest BCUT2D eigenvalue weighted by Crippen LogP contribution is 2.52. The van der Waals surface area contributed by atoms with E-state index >= 15 is 0 Å². The fourth-order valence-electron chi connectivity index (χ4n) is 3.87. The molecule has 1 saturated heterocycles. The van der Waals surface area contributed by atoms with Gasteiger partial charge in [-0.2, -0.15) is 0 Å². The van der Waals surface area contributed by atoms with Gasteiger partial charge in [0.05, 0.1) is 0 Å². The molecule has 0 aromatic carbocycles. The largest absolute Gasteiger partial charge is 0.306 e. The van der Waals surface area contributed by atoms with E-state index in [1.54, 1.807) is 25.7 Å². The summed E-state index contributed by atoms with van der Waals surface area (Å²) in [6.45, 7) is 2.72. The molecule has 2 aliphatic carbocycles. The number of likely N-dealkylation sites (tertiary alicyclic amines) is 1. The van der Waals surface area contributed by atoms with Crippen molar-refractivity contribution in [2.24, 2.45) is 23.7 Å². The molecule has 3 fully saturated rings. The first-order valence-corrected chi connectivity index (χ1v) is 7.03. The summed E-state index contributed by atoms with van der Waals surface area (Å²) < 4.78 is 0. The molecular formula is C14H25N. The molecule has 0 amide bonds. The monoisotopic (exact) mass is 207 g/mol. The lowest BCUT2D eigenvalue weighted by Gasteiger charge is -2.42. The van der Waals surface area contributed by atoms with Gasteiger partial charge in [0, 0.05) is 0 Å². The van der Waals surface area contributed by atoms with E-state index in [4.69, 9.17) is 0 Å². The maximum absolute atomic E-state index is 2.52. The molecule has 1 aliphatic heterocycles. The van der Waals surface area contributed by atoms with Crippen molar-refractivity contribution in [3.8, 4) is 0 Å². The van der Waals surface area contributed by atoms with E-state index in [-0.39, 0.29) is 0 Å². The van der Waals surface area contributed by atoms with E-state index in [9.17, 15) is 0 Å². The lowest BCUT2D eigenvalue weighted by atomic mass is 9.66. The van der Waals surface area contributed by atoms with Gasteiger partial charge >= 0.3 is 0 Å². The number of hydrogen-bond acceptors (Lipinski definition) is 1. The van der Waals surface area contributed by atoms with Gasteiger partial charge < -0.3 is 4.90 Å². The molecule has 1 heteroatoms. The molecular weight excluding hydrogens is 182 g/mol. The zero-order valence-electron chi connectivity index (χ0n) is 10.1. The molecule has 1 nitrogen and oxygen atoms in total. The first kappa shape index (κ1) is 10.1. The lowest BCUT2D eigenvalue weighted by molar-refractivity contribution is 0.0774. The first-order chi connectivity index (χ1) is 7.34. The van der Waals surface area contributed by atoms with E-state index < -0.39 is 0 Å². The van der Waals surface area contributed by atoms with Crippen molar-refractivity contribution in [3.63, 3.8) is 0 Å². The second-order valence-corrected chi connectivity index (χ2v) is 6.25. The second-order valence-electron chi connectivity index (χ2n) is 6.25. The third-order valence-electron chi connectivity index (χ3n) is 5.17. The van der Waals surface area contributed by atoms with Gasteiger partial charge in [-0.25, -0.2) is 0 Å². The van der Waals surface area contributed by atoms with Gasteiger partial charge in [-0.05, 0) is 69.5 Å². The number of nitrogens with zero attached hydrogens (tertiary/aromatic N) is 1. The third-order valence-corrected chi connectivity index (χ3v) is 5.17. The molecule has 0 radical (unpaired) electrons. The van der Waals surface area contributed by atoms with Crippen LogP contribution in [-0.2, 0) is 0 Å². The summed E-state index contributed by atoms with van der Waals surface area (Å²) in [4.78, 5) is 2.52. The van der Waals surface area contributed by atoms with Crippen LogP contribution in [0.4, 0.5) is 0 Å². The Kier molecular flexibility index (Phi) is 2.76. The van der Waals surface area contributed by atoms with Crippen LogP contribution < -0.4 is 0 Å². The van der Waals surface area contributed by atoms with Crippen molar-refractivity contribution in [2.45, 2.75) is 44.9 Å². The predicted octanol–water partition coefficient (Wildman–Crippen LogP) is 3.15. The Hall–Kier alpha value is -0.0400. The van der Waals surface area contributed by atoms with Crippen LogP contribution in [0.2, 0.25) is 0 Å². The van der Waals surface area contributed by atoms with Gasteiger partial charge in [-0.15, -0.1) is 0 Å². The van der Waals surface area contributed by atoms with Crippen molar-refractivity contribution in [1.82, 2.24) is 4.90 Å². The Bertz CT molecular complexity index is 209. The minimum Gasteiger partial charge on any atom is -0.306 e. The highest BCUT2D eigenvalue weighted by atomic mass is 15.1. The topological polar surface area (TPSA) is 3.24 Å². The standard InChI is InChI=1S/C14H25N/c1-15-9-7-13(8-10-15)14(12-5-6-12)11-3-2-4-11/h11-14H,2-10H2,1H3/t14-/m1/s1. The average molecular weight is 207 g/mol. The average Bonchev–Trinajstić information content (AvgIpc) is 2.96. The van der Waals surface area contributed by atoms with Crippen molar-refractivity contribution in [1.29, 1.82) is 0 Å². The summed E-state index contributed by atoms with van der Waals surface area (Å²) >= 11 is 0. The smallest absolute Gasteiger partial charge is 0.00190 e. The summed E-state index contributed by atoms with van der Waals surface area (Å²) in [5.41, 5.74) is 0. The van der Waals surface area contributed by atoms with Crippen LogP contribution in [0.5, 0.6) is 0 Å². The van der Waals surface area contributed by atoms with E-state index in [0.29, 0.717) is 0 Å². The molecule has 0 spiro atoms. The number of hydrogen-bond donors (Lipinski definition) is 0. The molecule has 2 saturated carbocycles. The summed E-state index contributed by atoms with van der Waals surface area (Å²) in [5, 5.41) is 0. The predicted molar refractivity (Wildman–Crippen MR) is 63.8 cm³/mol. The first-order valence-electron chi connectivity index (χ1n) is 7.03. The van der Waals surface area contributed by atoms with Gasteiger partial charge in [0.25, 0.3) is 0 Å². The molecule has 15 heavy (non-hydrogen) atoms. The Morgan fingerprint density at radius 2 is 1.33 bits per heavy atom. The SMILES string of the molecule is CN1CCC([C@H](C2CCC2)C2CC2)CC1. The van der Waals surface area contributed by atoms with Crippen molar-refractivity contribution < 1.29 is 0 Å². The number of piperidine rings is 1. The molecule has 86 valence electrons. The Labute approximate surface area is 94.2 Å². The fraction of sp³-hybridized carbons (Fsp3) is 1.00. The van der Waals surface area contributed by atoms with Gasteiger partial charge in [0.2, 0.25) is 0 Å². The molecule has 3 rings (SSSR count). The zero-order chi connectivity index (χ0) is 10.3. The zero-order valence-corrected chi connectivity index (χ0v) is 10.1. The Morgan fingerprint density at radius 1 is 0.800 bits per heavy atom. The fourth-order valence-corrected chi connectivity index (χ4v) is 3.87. The maximum atomic E-state index is 2.52. The van der Waals surface area contributed by atoms with Crippen molar-refractivity contribution in [2.75, 3.05) is 20.1 Å². The van der Waals surface area contributed by atoms with E-state index in [1.807, 2.05) is 0 Å². The van der Waals surface area contributed by atoms with E-state index in [0.717, 1.165) is 23.7 Å². The highest BCUT2D eigenvalue weighted by Gasteiger charge is 2.43. The van der Waals surface area contributed by atoms with E-state index in [2.05, 4.69) is 11.9 Å². The molecule has 0 N–H and O–H groups in total. The Balaban J connectivity index is 1.61.